The second-order valence-corrected chi connectivity index (χ2v) is 8.94. The number of benzene rings is 1. The van der Waals surface area contributed by atoms with E-state index in [2.05, 4.69) is 44.4 Å². The van der Waals surface area contributed by atoms with E-state index in [9.17, 15) is 23.1 Å². The first kappa shape index (κ1) is 26.1. The van der Waals surface area contributed by atoms with Gasteiger partial charge in [-0.25, -0.2) is 18.2 Å². The van der Waals surface area contributed by atoms with Crippen molar-refractivity contribution >= 4 is 47.9 Å². The van der Waals surface area contributed by atoms with Crippen LogP contribution in [0.1, 0.15) is 43.5 Å². The number of halogens is 3. The van der Waals surface area contributed by atoms with Crippen LogP contribution in [0.25, 0.3) is 0 Å². The van der Waals surface area contributed by atoms with Crippen LogP contribution in [0, 0.1) is 0 Å². The standard InChI is InChI=1S/C24H29F3N6O2/c1-23(2,35)19(25)13-31-22(34)15-12-30-21(11-17(15)33-20-6-5-9-24(20,26)27)32-14-7-8-16(28-3)18(10-14)29-4/h7-8,10-12,19-20,35H,3-6,9,13H2,1-2H3,(H,31,34)(H2,30,32,33)/t19-,20?/m1/s1. The van der Waals surface area contributed by atoms with Gasteiger partial charge < -0.3 is 21.1 Å². The Bertz CT molecular complexity index is 1100. The van der Waals surface area contributed by atoms with Crippen molar-refractivity contribution in [1.82, 2.24) is 10.3 Å². The molecule has 2 aromatic rings. The highest BCUT2D eigenvalue weighted by atomic mass is 19.3. The molecular formula is C24H29F3N6O2. The van der Waals surface area contributed by atoms with Gasteiger partial charge in [0.2, 0.25) is 0 Å². The Morgan fingerprint density at radius 3 is 2.60 bits per heavy atom. The maximum atomic E-state index is 14.3. The molecule has 1 heterocycles. The van der Waals surface area contributed by atoms with Gasteiger partial charge in [0.1, 0.15) is 12.0 Å². The number of pyridine rings is 1. The molecule has 188 valence electrons. The molecule has 2 atom stereocenters. The Morgan fingerprint density at radius 2 is 2.00 bits per heavy atom. The van der Waals surface area contributed by atoms with Gasteiger partial charge in [-0.1, -0.05) is 0 Å². The van der Waals surface area contributed by atoms with Gasteiger partial charge in [0.05, 0.1) is 40.8 Å². The van der Waals surface area contributed by atoms with Crippen molar-refractivity contribution in [3.63, 3.8) is 0 Å². The zero-order valence-corrected chi connectivity index (χ0v) is 19.6. The first-order chi connectivity index (χ1) is 16.4. The van der Waals surface area contributed by atoms with Crippen molar-refractivity contribution in [2.45, 2.75) is 56.8 Å². The molecule has 35 heavy (non-hydrogen) atoms. The molecule has 1 aliphatic carbocycles. The molecule has 0 radical (unpaired) electrons. The van der Waals surface area contributed by atoms with Gasteiger partial charge in [0.25, 0.3) is 11.8 Å². The highest BCUT2D eigenvalue weighted by Crippen LogP contribution is 2.38. The average Bonchev–Trinajstić information content (AvgIpc) is 3.14. The normalized spacial score (nSPS) is 17.9. The monoisotopic (exact) mass is 490 g/mol. The number of aliphatic hydroxyl groups is 1. The number of hydrogen-bond acceptors (Lipinski definition) is 7. The summed E-state index contributed by atoms with van der Waals surface area (Å²) in [5.74, 6) is -3.37. The van der Waals surface area contributed by atoms with Gasteiger partial charge in [-0.3, -0.25) is 14.8 Å². The van der Waals surface area contributed by atoms with Crippen LogP contribution in [0.3, 0.4) is 0 Å². The van der Waals surface area contributed by atoms with Crippen LogP contribution in [0.5, 0.6) is 0 Å². The number of aliphatic imine (C=N–C) groups is 2. The Hall–Kier alpha value is -3.47. The fourth-order valence-corrected chi connectivity index (χ4v) is 3.65. The van der Waals surface area contributed by atoms with E-state index >= 15 is 0 Å². The molecular weight excluding hydrogens is 461 g/mol. The van der Waals surface area contributed by atoms with Crippen LogP contribution in [0.15, 0.2) is 40.4 Å². The first-order valence-corrected chi connectivity index (χ1v) is 11.1. The molecule has 11 heteroatoms. The Morgan fingerprint density at radius 1 is 1.29 bits per heavy atom. The summed E-state index contributed by atoms with van der Waals surface area (Å²) < 4.78 is 42.7. The minimum atomic E-state index is -2.94. The quantitative estimate of drug-likeness (QED) is 0.353. The molecule has 0 spiro atoms. The third-order valence-corrected chi connectivity index (χ3v) is 5.79. The van der Waals surface area contributed by atoms with Crippen molar-refractivity contribution < 1.29 is 23.1 Å². The highest BCUT2D eigenvalue weighted by Gasteiger charge is 2.44. The van der Waals surface area contributed by atoms with Gasteiger partial charge in [-0.15, -0.1) is 0 Å². The molecule has 0 aliphatic heterocycles. The Kier molecular flexibility index (Phi) is 7.79. The third kappa shape index (κ3) is 6.36. The lowest BCUT2D eigenvalue weighted by atomic mass is 10.0. The molecule has 1 amide bonds. The smallest absolute Gasteiger partial charge is 0.267 e. The van der Waals surface area contributed by atoms with E-state index < -0.39 is 36.2 Å². The first-order valence-electron chi connectivity index (χ1n) is 11.1. The lowest BCUT2D eigenvalue weighted by Gasteiger charge is -2.24. The van der Waals surface area contributed by atoms with E-state index in [4.69, 9.17) is 0 Å². The van der Waals surface area contributed by atoms with E-state index in [0.29, 0.717) is 23.5 Å². The van der Waals surface area contributed by atoms with Crippen molar-refractivity contribution in [3.8, 4) is 0 Å². The molecule has 1 aliphatic rings. The van der Waals surface area contributed by atoms with Crippen LogP contribution in [-0.2, 0) is 0 Å². The number of alkyl halides is 3. The number of nitrogens with one attached hydrogen (secondary N) is 3. The fraction of sp³-hybridized carbons (Fsp3) is 0.417. The number of rotatable bonds is 10. The van der Waals surface area contributed by atoms with Crippen LogP contribution < -0.4 is 16.0 Å². The predicted octanol–water partition coefficient (Wildman–Crippen LogP) is 4.93. The lowest BCUT2D eigenvalue weighted by Crippen LogP contribution is -2.42. The highest BCUT2D eigenvalue weighted by molar-refractivity contribution is 6.00. The summed E-state index contributed by atoms with van der Waals surface area (Å²) in [5, 5.41) is 18.0. The molecule has 8 nitrogen and oxygen atoms in total. The molecule has 0 bridgehead atoms. The maximum absolute atomic E-state index is 14.3. The summed E-state index contributed by atoms with van der Waals surface area (Å²) in [6.07, 6.45) is -0.181. The molecule has 1 saturated carbocycles. The third-order valence-electron chi connectivity index (χ3n) is 5.79. The number of aromatic nitrogens is 1. The van der Waals surface area contributed by atoms with E-state index in [1.54, 1.807) is 18.2 Å². The molecule has 3 rings (SSSR count). The van der Waals surface area contributed by atoms with Crippen molar-refractivity contribution in [2.75, 3.05) is 17.2 Å². The van der Waals surface area contributed by atoms with Gasteiger partial charge in [-0.2, -0.15) is 0 Å². The second kappa shape index (κ2) is 10.4. The molecule has 1 aromatic heterocycles. The van der Waals surface area contributed by atoms with Crippen molar-refractivity contribution in [3.05, 3.63) is 36.0 Å². The number of carbonyl (C=O) groups is 1. The van der Waals surface area contributed by atoms with E-state index in [-0.39, 0.29) is 29.9 Å². The van der Waals surface area contributed by atoms with Gasteiger partial charge >= 0.3 is 0 Å². The summed E-state index contributed by atoms with van der Waals surface area (Å²) in [6.45, 7) is 9.09. The summed E-state index contributed by atoms with van der Waals surface area (Å²) in [4.78, 5) is 24.7. The van der Waals surface area contributed by atoms with Crippen molar-refractivity contribution in [2.24, 2.45) is 9.98 Å². The summed E-state index contributed by atoms with van der Waals surface area (Å²) in [7, 11) is 0. The predicted molar refractivity (Wildman–Crippen MR) is 132 cm³/mol. The minimum absolute atomic E-state index is 0.0270. The molecule has 1 fully saturated rings. The fourth-order valence-electron chi connectivity index (χ4n) is 3.65. The van der Waals surface area contributed by atoms with Crippen molar-refractivity contribution in [1.29, 1.82) is 0 Å². The summed E-state index contributed by atoms with van der Waals surface area (Å²) >= 11 is 0. The summed E-state index contributed by atoms with van der Waals surface area (Å²) in [6, 6.07) is 5.32. The van der Waals surface area contributed by atoms with Crippen LogP contribution in [0.2, 0.25) is 0 Å². The Balaban J connectivity index is 1.88. The zero-order chi connectivity index (χ0) is 25.8. The molecule has 1 aromatic carbocycles. The number of hydrogen-bond donors (Lipinski definition) is 4. The SMILES string of the molecule is C=Nc1ccc(Nc2cc(NC3CCCC3(F)F)c(C(=O)NC[C@@H](F)C(C)(C)O)cn2)cc1N=C. The topological polar surface area (TPSA) is 111 Å². The van der Waals surface area contributed by atoms with E-state index in [1.807, 2.05) is 0 Å². The molecule has 4 N–H and O–H groups in total. The average molecular weight is 491 g/mol. The Labute approximate surface area is 201 Å². The lowest BCUT2D eigenvalue weighted by molar-refractivity contribution is -0.00208. The molecule has 1 unspecified atom stereocenters. The maximum Gasteiger partial charge on any atom is 0.267 e. The minimum Gasteiger partial charge on any atom is -0.387 e. The largest absolute Gasteiger partial charge is 0.387 e. The number of nitrogens with zero attached hydrogens (tertiary/aromatic N) is 3. The van der Waals surface area contributed by atoms with Gasteiger partial charge in [0, 0.05) is 24.4 Å². The van der Waals surface area contributed by atoms with Crippen LogP contribution >= 0.6 is 0 Å². The second-order valence-electron chi connectivity index (χ2n) is 8.94. The zero-order valence-electron chi connectivity index (χ0n) is 19.6. The number of amides is 1. The summed E-state index contributed by atoms with van der Waals surface area (Å²) in [5.41, 5.74) is 0.0398. The van der Waals surface area contributed by atoms with E-state index in [0.717, 1.165) is 0 Å². The number of anilines is 3. The van der Waals surface area contributed by atoms with Crippen LogP contribution in [0.4, 0.5) is 41.7 Å². The van der Waals surface area contributed by atoms with E-state index in [1.165, 1.54) is 26.1 Å². The number of carbonyl (C=O) groups excluding carboxylic acids is 1. The van der Waals surface area contributed by atoms with Gasteiger partial charge in [-0.05, 0) is 58.3 Å². The van der Waals surface area contributed by atoms with Gasteiger partial charge in [0.15, 0.2) is 0 Å². The molecule has 0 saturated heterocycles. The van der Waals surface area contributed by atoms with Crippen LogP contribution in [-0.4, -0.2) is 59.7 Å².